The van der Waals surface area contributed by atoms with Crippen LogP contribution in [0.2, 0.25) is 0 Å². The van der Waals surface area contributed by atoms with Gasteiger partial charge in [0.1, 0.15) is 0 Å². The van der Waals surface area contributed by atoms with E-state index in [2.05, 4.69) is 0 Å². The summed E-state index contributed by atoms with van der Waals surface area (Å²) in [6.07, 6.45) is 1.79. The third-order valence-corrected chi connectivity index (χ3v) is 3.79. The first-order valence-electron chi connectivity index (χ1n) is 2.99. The van der Waals surface area contributed by atoms with Gasteiger partial charge >= 0.3 is 0 Å². The van der Waals surface area contributed by atoms with Gasteiger partial charge in [0.05, 0.1) is 4.75 Å². The van der Waals surface area contributed by atoms with Crippen LogP contribution in [0, 0.1) is 0 Å². The smallest absolute Gasteiger partial charge is 0.270 e. The van der Waals surface area contributed by atoms with Crippen molar-refractivity contribution in [3.8, 4) is 0 Å². The molecule has 0 bridgehead atoms. The van der Waals surface area contributed by atoms with E-state index < -0.39 is 14.9 Å². The van der Waals surface area contributed by atoms with Crippen molar-refractivity contribution >= 4 is 61.5 Å². The minimum absolute atomic E-state index is 0. The molecule has 1 radical (unpaired) electrons. The van der Waals surface area contributed by atoms with E-state index in [1.54, 1.807) is 6.92 Å². The summed E-state index contributed by atoms with van der Waals surface area (Å²) in [5, 5.41) is 0. The molecule has 0 aromatic rings. The second-order valence-electron chi connectivity index (χ2n) is 2.51. The minimum atomic E-state index is -3.74. The molecule has 1 N–H and O–H groups in total. The van der Waals surface area contributed by atoms with E-state index in [0.29, 0.717) is 19.3 Å². The summed E-state index contributed by atoms with van der Waals surface area (Å²) in [5.74, 6) is 0. The Balaban J connectivity index is 0.000000810. The van der Waals surface area contributed by atoms with Gasteiger partial charge in [-0.2, -0.15) is 8.42 Å². The van der Waals surface area contributed by atoms with Crippen molar-refractivity contribution < 1.29 is 13.0 Å². The Morgan fingerprint density at radius 1 is 1.50 bits per heavy atom. The van der Waals surface area contributed by atoms with Crippen LogP contribution in [0.5, 0.6) is 0 Å². The van der Waals surface area contributed by atoms with Gasteiger partial charge in [-0.25, -0.2) is 0 Å². The summed E-state index contributed by atoms with van der Waals surface area (Å²) in [7, 11) is -3.74. The van der Waals surface area contributed by atoms with Crippen LogP contribution in [-0.2, 0) is 10.1 Å². The molecule has 0 amide bonds. The quantitative estimate of drug-likeness (QED) is 0.506. The van der Waals surface area contributed by atoms with Crippen LogP contribution < -0.4 is 0 Å². The van der Waals surface area contributed by atoms with Crippen molar-refractivity contribution in [3.63, 3.8) is 0 Å². The SMILES string of the molecule is CCC1(S(=O)(=O)O)CC1.[K]. The van der Waals surface area contributed by atoms with Gasteiger partial charge in [0.15, 0.2) is 0 Å². The van der Waals surface area contributed by atoms with E-state index in [-0.39, 0.29) is 51.4 Å². The number of hydrogen-bond acceptors (Lipinski definition) is 2. The molecule has 0 unspecified atom stereocenters. The van der Waals surface area contributed by atoms with Crippen molar-refractivity contribution in [2.24, 2.45) is 0 Å². The first kappa shape index (κ1) is 11.5. The van der Waals surface area contributed by atoms with E-state index >= 15 is 0 Å². The van der Waals surface area contributed by atoms with Gasteiger partial charge in [0.2, 0.25) is 0 Å². The van der Waals surface area contributed by atoms with Crippen molar-refractivity contribution in [1.29, 1.82) is 0 Å². The third-order valence-electron chi connectivity index (χ3n) is 2.00. The van der Waals surface area contributed by atoms with Crippen LogP contribution in [0.4, 0.5) is 0 Å². The summed E-state index contributed by atoms with van der Waals surface area (Å²) < 4.78 is 28.8. The fraction of sp³-hybridized carbons (Fsp3) is 1.00. The number of hydrogen-bond donors (Lipinski definition) is 1. The Morgan fingerprint density at radius 2 is 1.90 bits per heavy atom. The van der Waals surface area contributed by atoms with E-state index in [9.17, 15) is 8.42 Å². The van der Waals surface area contributed by atoms with E-state index in [4.69, 9.17) is 4.55 Å². The molecule has 55 valence electrons. The average molecular weight is 189 g/mol. The summed E-state index contributed by atoms with van der Waals surface area (Å²) >= 11 is 0. The van der Waals surface area contributed by atoms with Gasteiger partial charge in [0.25, 0.3) is 10.1 Å². The predicted molar refractivity (Wildman–Crippen MR) is 39.6 cm³/mol. The summed E-state index contributed by atoms with van der Waals surface area (Å²) in [6.45, 7) is 1.78. The molecule has 0 heterocycles. The zero-order valence-corrected chi connectivity index (χ0v) is 10.2. The molecule has 1 aliphatic rings. The fourth-order valence-corrected chi connectivity index (χ4v) is 1.92. The van der Waals surface area contributed by atoms with Gasteiger partial charge in [-0.3, -0.25) is 4.55 Å². The second-order valence-corrected chi connectivity index (χ2v) is 4.33. The Kier molecular flexibility index (Phi) is 4.05. The van der Waals surface area contributed by atoms with Crippen LogP contribution >= 0.6 is 0 Å². The van der Waals surface area contributed by atoms with Gasteiger partial charge < -0.3 is 0 Å². The molecule has 1 saturated carbocycles. The maximum absolute atomic E-state index is 10.5. The molecule has 1 rings (SSSR count). The van der Waals surface area contributed by atoms with Crippen LogP contribution in [0.15, 0.2) is 0 Å². The fourth-order valence-electron chi connectivity index (χ4n) is 0.933. The summed E-state index contributed by atoms with van der Waals surface area (Å²) in [4.78, 5) is 0. The second kappa shape index (κ2) is 3.51. The van der Waals surface area contributed by atoms with Crippen LogP contribution in [0.3, 0.4) is 0 Å². The molecule has 3 nitrogen and oxygen atoms in total. The molecule has 0 spiro atoms. The maximum atomic E-state index is 10.5. The molecule has 1 fully saturated rings. The van der Waals surface area contributed by atoms with Gasteiger partial charge in [-0.1, -0.05) is 6.92 Å². The summed E-state index contributed by atoms with van der Waals surface area (Å²) in [5.41, 5.74) is 0. The third kappa shape index (κ3) is 2.03. The molecular formula is C5H10KO3S. The Labute approximate surface area is 104 Å². The minimum Gasteiger partial charge on any atom is -0.285 e. The van der Waals surface area contributed by atoms with Gasteiger partial charge in [0, 0.05) is 51.4 Å². The monoisotopic (exact) mass is 189 g/mol. The van der Waals surface area contributed by atoms with E-state index in [1.807, 2.05) is 0 Å². The molecule has 0 aromatic heterocycles. The van der Waals surface area contributed by atoms with Crippen LogP contribution in [-0.4, -0.2) is 69.1 Å². The average Bonchev–Trinajstić information content (AvgIpc) is 2.40. The molecule has 0 saturated heterocycles. The molecule has 10 heavy (non-hydrogen) atoms. The van der Waals surface area contributed by atoms with Crippen LogP contribution in [0.1, 0.15) is 26.2 Å². The topological polar surface area (TPSA) is 54.4 Å². The van der Waals surface area contributed by atoms with Crippen molar-refractivity contribution in [1.82, 2.24) is 0 Å². The van der Waals surface area contributed by atoms with Gasteiger partial charge in [-0.05, 0) is 19.3 Å². The van der Waals surface area contributed by atoms with E-state index in [0.717, 1.165) is 0 Å². The normalized spacial score (nSPS) is 21.4. The van der Waals surface area contributed by atoms with Crippen molar-refractivity contribution in [3.05, 3.63) is 0 Å². The first-order valence-corrected chi connectivity index (χ1v) is 4.43. The Bertz CT molecular complexity index is 205. The zero-order chi connectivity index (χ0) is 7.12. The van der Waals surface area contributed by atoms with Gasteiger partial charge in [-0.15, -0.1) is 0 Å². The molecular weight excluding hydrogens is 179 g/mol. The van der Waals surface area contributed by atoms with Crippen molar-refractivity contribution in [2.75, 3.05) is 0 Å². The Hall–Kier alpha value is 1.55. The van der Waals surface area contributed by atoms with Crippen molar-refractivity contribution in [2.45, 2.75) is 30.9 Å². The molecule has 5 heteroatoms. The van der Waals surface area contributed by atoms with E-state index in [1.165, 1.54) is 0 Å². The standard InChI is InChI=1S/C5H10O3S.K/c1-2-5(3-4-5)9(6,7)8;/h2-4H2,1H3,(H,6,7,8);. The summed E-state index contributed by atoms with van der Waals surface area (Å²) in [6, 6.07) is 0. The zero-order valence-electron chi connectivity index (χ0n) is 6.29. The predicted octanol–water partition coefficient (Wildman–Crippen LogP) is 0.436. The van der Waals surface area contributed by atoms with Crippen LogP contribution in [0.25, 0.3) is 0 Å². The Morgan fingerprint density at radius 3 is 1.90 bits per heavy atom. The molecule has 0 aromatic carbocycles. The number of rotatable bonds is 2. The molecule has 0 aliphatic heterocycles. The largest absolute Gasteiger partial charge is 0.285 e. The molecule has 0 atom stereocenters. The maximum Gasteiger partial charge on any atom is 0.270 e. The molecule has 1 aliphatic carbocycles. The first-order chi connectivity index (χ1) is 4.02.